The highest BCUT2D eigenvalue weighted by Crippen LogP contribution is 2.27. The van der Waals surface area contributed by atoms with E-state index < -0.39 is 17.5 Å². The van der Waals surface area contributed by atoms with Gasteiger partial charge in [0.15, 0.2) is 0 Å². The molecule has 1 aliphatic rings. The summed E-state index contributed by atoms with van der Waals surface area (Å²) in [4.78, 5) is 0. The van der Waals surface area contributed by atoms with E-state index in [9.17, 15) is 13.2 Å². The third-order valence-corrected chi connectivity index (χ3v) is 2.69. The van der Waals surface area contributed by atoms with Crippen molar-refractivity contribution < 1.29 is 13.2 Å². The Hall–Kier alpha value is -1.00. The van der Waals surface area contributed by atoms with Crippen LogP contribution in [0.1, 0.15) is 18.4 Å². The van der Waals surface area contributed by atoms with Gasteiger partial charge in [0.25, 0.3) is 0 Å². The van der Waals surface area contributed by atoms with Gasteiger partial charge in [-0.2, -0.15) is 0 Å². The van der Waals surface area contributed by atoms with Crippen molar-refractivity contribution in [1.29, 1.82) is 0 Å². The first kappa shape index (κ1) is 14.1. The second-order valence-electron chi connectivity index (χ2n) is 3.79. The van der Waals surface area contributed by atoms with Gasteiger partial charge in [-0.3, -0.25) is 0 Å². The van der Waals surface area contributed by atoms with Crippen molar-refractivity contribution in [3.8, 4) is 0 Å². The molecule has 94 valence electrons. The zero-order valence-corrected chi connectivity index (χ0v) is 9.92. The van der Waals surface area contributed by atoms with E-state index in [0.29, 0.717) is 37.6 Å². The molecule has 0 unspecified atom stereocenters. The van der Waals surface area contributed by atoms with Crippen LogP contribution < -0.4 is 5.32 Å². The van der Waals surface area contributed by atoms with Crippen molar-refractivity contribution in [3.05, 3.63) is 41.0 Å². The second-order valence-corrected chi connectivity index (χ2v) is 3.79. The van der Waals surface area contributed by atoms with Gasteiger partial charge in [-0.15, -0.1) is 12.4 Å². The number of piperidine rings is 1. The van der Waals surface area contributed by atoms with Crippen molar-refractivity contribution in [1.82, 2.24) is 5.32 Å². The van der Waals surface area contributed by atoms with Crippen LogP contribution in [0.5, 0.6) is 0 Å². The van der Waals surface area contributed by atoms with Crippen LogP contribution in [-0.2, 0) is 0 Å². The molecule has 0 atom stereocenters. The second kappa shape index (κ2) is 6.07. The van der Waals surface area contributed by atoms with Crippen LogP contribution in [0.2, 0.25) is 0 Å². The summed E-state index contributed by atoms with van der Waals surface area (Å²) in [5.74, 6) is -2.08. The molecule has 17 heavy (non-hydrogen) atoms. The highest BCUT2D eigenvalue weighted by molar-refractivity contribution is 5.85. The van der Waals surface area contributed by atoms with E-state index >= 15 is 0 Å². The fraction of sp³-hybridized carbons (Fsp3) is 0.333. The van der Waals surface area contributed by atoms with Crippen molar-refractivity contribution in [2.75, 3.05) is 13.1 Å². The molecule has 1 heterocycles. The summed E-state index contributed by atoms with van der Waals surface area (Å²) in [5.41, 5.74) is 0.461. The smallest absolute Gasteiger partial charge is 0.136 e. The maximum atomic E-state index is 13.9. The normalized spacial score (nSPS) is 15.4. The van der Waals surface area contributed by atoms with Gasteiger partial charge < -0.3 is 5.32 Å². The SMILES string of the molecule is Cl.FC(=C1CCNCC1)c1ccc(F)cc1F. The quantitative estimate of drug-likeness (QED) is 0.818. The van der Waals surface area contributed by atoms with E-state index in [2.05, 4.69) is 5.32 Å². The van der Waals surface area contributed by atoms with Crippen molar-refractivity contribution in [2.45, 2.75) is 12.8 Å². The van der Waals surface area contributed by atoms with Gasteiger partial charge in [0, 0.05) is 11.6 Å². The van der Waals surface area contributed by atoms with E-state index in [-0.39, 0.29) is 18.0 Å². The Labute approximate surface area is 104 Å². The van der Waals surface area contributed by atoms with E-state index in [1.807, 2.05) is 0 Å². The molecule has 0 aromatic heterocycles. The summed E-state index contributed by atoms with van der Waals surface area (Å²) >= 11 is 0. The molecule has 1 saturated heterocycles. The van der Waals surface area contributed by atoms with Crippen LogP contribution in [0.25, 0.3) is 5.83 Å². The highest BCUT2D eigenvalue weighted by Gasteiger charge is 2.15. The number of hydrogen-bond donors (Lipinski definition) is 1. The number of benzene rings is 1. The predicted octanol–water partition coefficient (Wildman–Crippen LogP) is 3.45. The minimum atomic E-state index is -0.844. The molecule has 0 spiro atoms. The maximum Gasteiger partial charge on any atom is 0.136 e. The Morgan fingerprint density at radius 3 is 2.35 bits per heavy atom. The van der Waals surface area contributed by atoms with Crippen LogP contribution in [0.15, 0.2) is 23.8 Å². The largest absolute Gasteiger partial charge is 0.316 e. The molecule has 1 nitrogen and oxygen atoms in total. The lowest BCUT2D eigenvalue weighted by atomic mass is 10.0. The van der Waals surface area contributed by atoms with Crippen molar-refractivity contribution in [3.63, 3.8) is 0 Å². The summed E-state index contributed by atoms with van der Waals surface area (Å²) in [6.07, 6.45) is 1.14. The molecule has 5 heteroatoms. The van der Waals surface area contributed by atoms with Gasteiger partial charge in [0.1, 0.15) is 17.5 Å². The minimum absolute atomic E-state index is 0. The molecule has 0 aliphatic carbocycles. The highest BCUT2D eigenvalue weighted by atomic mass is 35.5. The Morgan fingerprint density at radius 2 is 1.76 bits per heavy atom. The molecule has 0 saturated carbocycles. The molecule has 2 rings (SSSR count). The van der Waals surface area contributed by atoms with Gasteiger partial charge in [-0.1, -0.05) is 0 Å². The summed E-state index contributed by atoms with van der Waals surface area (Å²) in [5, 5.41) is 3.09. The Kier molecular flexibility index (Phi) is 5.02. The first-order chi connectivity index (χ1) is 7.68. The summed E-state index contributed by atoms with van der Waals surface area (Å²) in [6.45, 7) is 1.40. The van der Waals surface area contributed by atoms with E-state index in [1.165, 1.54) is 0 Å². The Balaban J connectivity index is 0.00000144. The van der Waals surface area contributed by atoms with Gasteiger partial charge in [0.2, 0.25) is 0 Å². The average Bonchev–Trinajstić information content (AvgIpc) is 2.29. The molecule has 1 aromatic rings. The standard InChI is InChI=1S/C12H12F3N.ClH/c13-9-1-2-10(11(14)7-9)12(15)8-3-5-16-6-4-8;/h1-2,7,16H,3-6H2;1H. The number of nitrogens with one attached hydrogen (secondary N) is 1. The number of rotatable bonds is 1. The molecular weight excluding hydrogens is 251 g/mol. The van der Waals surface area contributed by atoms with Crippen LogP contribution in [0, 0.1) is 11.6 Å². The molecule has 0 bridgehead atoms. The van der Waals surface area contributed by atoms with Gasteiger partial charge >= 0.3 is 0 Å². The monoisotopic (exact) mass is 263 g/mol. The molecule has 0 radical (unpaired) electrons. The summed E-state index contributed by atoms with van der Waals surface area (Å²) in [7, 11) is 0. The topological polar surface area (TPSA) is 12.0 Å². The lowest BCUT2D eigenvalue weighted by molar-refractivity contribution is 0.569. The third kappa shape index (κ3) is 3.23. The van der Waals surface area contributed by atoms with Gasteiger partial charge in [-0.05, 0) is 43.6 Å². The molecule has 1 fully saturated rings. The molecule has 1 aromatic carbocycles. The first-order valence-corrected chi connectivity index (χ1v) is 5.22. The summed E-state index contributed by atoms with van der Waals surface area (Å²) in [6, 6.07) is 2.92. The van der Waals surface area contributed by atoms with Gasteiger partial charge in [-0.25, -0.2) is 13.2 Å². The number of halogens is 4. The number of hydrogen-bond acceptors (Lipinski definition) is 1. The van der Waals surface area contributed by atoms with Gasteiger partial charge in [0.05, 0.1) is 0 Å². The first-order valence-electron chi connectivity index (χ1n) is 5.22. The molecule has 1 N–H and O–H groups in total. The molecule has 0 amide bonds. The lowest BCUT2D eigenvalue weighted by Crippen LogP contribution is -2.23. The van der Waals surface area contributed by atoms with Crippen LogP contribution in [0.4, 0.5) is 13.2 Å². The lowest BCUT2D eigenvalue weighted by Gasteiger charge is -2.16. The Morgan fingerprint density at radius 1 is 1.12 bits per heavy atom. The van der Waals surface area contributed by atoms with Crippen LogP contribution in [-0.4, -0.2) is 13.1 Å². The zero-order valence-electron chi connectivity index (χ0n) is 9.10. The van der Waals surface area contributed by atoms with Crippen molar-refractivity contribution >= 4 is 18.2 Å². The van der Waals surface area contributed by atoms with Crippen LogP contribution in [0.3, 0.4) is 0 Å². The third-order valence-electron chi connectivity index (χ3n) is 2.69. The molecule has 1 aliphatic heterocycles. The van der Waals surface area contributed by atoms with Crippen molar-refractivity contribution in [2.24, 2.45) is 0 Å². The zero-order chi connectivity index (χ0) is 11.5. The van der Waals surface area contributed by atoms with E-state index in [4.69, 9.17) is 0 Å². The molecular formula is C12H13ClF3N. The minimum Gasteiger partial charge on any atom is -0.316 e. The fourth-order valence-electron chi connectivity index (χ4n) is 1.81. The average molecular weight is 264 g/mol. The fourth-order valence-corrected chi connectivity index (χ4v) is 1.81. The predicted molar refractivity (Wildman–Crippen MR) is 63.7 cm³/mol. The summed E-state index contributed by atoms with van der Waals surface area (Å²) < 4.78 is 39.9. The van der Waals surface area contributed by atoms with E-state index in [0.717, 1.165) is 12.1 Å². The maximum absolute atomic E-state index is 13.9. The van der Waals surface area contributed by atoms with Crippen LogP contribution >= 0.6 is 12.4 Å². The van der Waals surface area contributed by atoms with E-state index in [1.54, 1.807) is 0 Å². The Bertz CT molecular complexity index is 424.